The smallest absolute Gasteiger partial charge is 0.225 e. The fourth-order valence-electron chi connectivity index (χ4n) is 2.59. The predicted molar refractivity (Wildman–Crippen MR) is 68.7 cm³/mol. The Balaban J connectivity index is 2.60. The molecule has 0 aliphatic heterocycles. The van der Waals surface area contributed by atoms with Crippen LogP contribution in [0.1, 0.15) is 52.4 Å². The van der Waals surface area contributed by atoms with Crippen LogP contribution in [-0.2, 0) is 4.79 Å². The zero-order valence-corrected chi connectivity index (χ0v) is 11.5. The Morgan fingerprint density at radius 3 is 2.38 bits per heavy atom. The van der Waals surface area contributed by atoms with Crippen LogP contribution in [0.15, 0.2) is 0 Å². The summed E-state index contributed by atoms with van der Waals surface area (Å²) in [6, 6.07) is 0.253. The Hall–Kier alpha value is -0.240. The molecule has 94 valence electrons. The highest BCUT2D eigenvalue weighted by molar-refractivity contribution is 6.21. The lowest BCUT2D eigenvalue weighted by Crippen LogP contribution is -2.46. The highest BCUT2D eigenvalue weighted by atomic mass is 35.5. The van der Waals surface area contributed by atoms with Crippen molar-refractivity contribution in [3.8, 4) is 0 Å². The number of halogens is 1. The van der Waals surface area contributed by atoms with Crippen LogP contribution in [0.25, 0.3) is 0 Å². The molecule has 1 aliphatic rings. The molecule has 1 fully saturated rings. The van der Waals surface area contributed by atoms with Crippen molar-refractivity contribution in [2.75, 3.05) is 7.05 Å². The minimum atomic E-state index is 0.150. The number of rotatable bonds is 4. The summed E-state index contributed by atoms with van der Waals surface area (Å²) in [6.45, 7) is 4.16. The summed E-state index contributed by atoms with van der Waals surface area (Å²) in [6.07, 6.45) is 6.38. The van der Waals surface area contributed by atoms with Gasteiger partial charge in [-0.2, -0.15) is 0 Å². The molecule has 0 spiro atoms. The van der Waals surface area contributed by atoms with Gasteiger partial charge in [0, 0.05) is 19.0 Å². The molecule has 0 heterocycles. The van der Waals surface area contributed by atoms with Crippen molar-refractivity contribution in [2.24, 2.45) is 5.92 Å². The van der Waals surface area contributed by atoms with E-state index in [1.54, 1.807) is 0 Å². The van der Waals surface area contributed by atoms with Crippen molar-refractivity contribution in [1.82, 2.24) is 4.90 Å². The van der Waals surface area contributed by atoms with Crippen LogP contribution in [0.4, 0.5) is 0 Å². The van der Waals surface area contributed by atoms with Gasteiger partial charge in [-0.3, -0.25) is 4.79 Å². The highest BCUT2D eigenvalue weighted by Crippen LogP contribution is 2.28. The largest absolute Gasteiger partial charge is 0.341 e. The minimum absolute atomic E-state index is 0.150. The monoisotopic (exact) mass is 245 g/mol. The van der Waals surface area contributed by atoms with Crippen molar-refractivity contribution >= 4 is 17.5 Å². The number of hydrogen-bond donors (Lipinski definition) is 0. The number of hydrogen-bond acceptors (Lipinski definition) is 1. The quantitative estimate of drug-likeness (QED) is 0.695. The second-order valence-corrected chi connectivity index (χ2v) is 5.39. The minimum Gasteiger partial charge on any atom is -0.341 e. The molecule has 2 nitrogen and oxygen atoms in total. The summed E-state index contributed by atoms with van der Waals surface area (Å²) in [5, 5.41) is 0.150. The molecule has 0 N–H and O–H groups in total. The summed E-state index contributed by atoms with van der Waals surface area (Å²) < 4.78 is 0. The molecule has 16 heavy (non-hydrogen) atoms. The predicted octanol–water partition coefficient (Wildman–Crippen LogP) is 3.43. The molecular weight excluding hydrogens is 222 g/mol. The van der Waals surface area contributed by atoms with E-state index in [9.17, 15) is 4.79 Å². The van der Waals surface area contributed by atoms with Crippen molar-refractivity contribution < 1.29 is 4.79 Å². The van der Waals surface area contributed by atoms with E-state index < -0.39 is 0 Å². The van der Waals surface area contributed by atoms with Gasteiger partial charge in [-0.05, 0) is 25.7 Å². The fourth-order valence-corrected chi connectivity index (χ4v) is 3.04. The summed E-state index contributed by atoms with van der Waals surface area (Å²) in [5.41, 5.74) is 0. The third kappa shape index (κ3) is 3.13. The van der Waals surface area contributed by atoms with E-state index in [0.717, 1.165) is 25.7 Å². The lowest BCUT2D eigenvalue weighted by Gasteiger charge is -2.36. The van der Waals surface area contributed by atoms with E-state index in [-0.39, 0.29) is 23.2 Å². The van der Waals surface area contributed by atoms with Crippen molar-refractivity contribution in [2.45, 2.75) is 63.8 Å². The van der Waals surface area contributed by atoms with Crippen LogP contribution in [-0.4, -0.2) is 29.3 Å². The molecule has 0 aromatic heterocycles. The molecule has 0 bridgehead atoms. The lowest BCUT2D eigenvalue weighted by atomic mass is 9.92. The first-order valence-electron chi connectivity index (χ1n) is 6.52. The van der Waals surface area contributed by atoms with Crippen molar-refractivity contribution in [3.05, 3.63) is 0 Å². The standard InChI is InChI=1S/C13H24ClNO/c1-4-10(5-2)13(16)15(3)12-9-7-6-8-11(12)14/h10-12H,4-9H2,1-3H3. The van der Waals surface area contributed by atoms with Gasteiger partial charge in [-0.25, -0.2) is 0 Å². The van der Waals surface area contributed by atoms with E-state index in [0.29, 0.717) is 0 Å². The highest BCUT2D eigenvalue weighted by Gasteiger charge is 2.31. The first-order valence-corrected chi connectivity index (χ1v) is 6.96. The first kappa shape index (κ1) is 13.8. The van der Waals surface area contributed by atoms with E-state index in [1.807, 2.05) is 11.9 Å². The molecule has 0 aromatic carbocycles. The summed E-state index contributed by atoms with van der Waals surface area (Å²) in [7, 11) is 1.92. The summed E-state index contributed by atoms with van der Waals surface area (Å²) >= 11 is 6.32. The molecule has 2 atom stereocenters. The molecule has 0 saturated heterocycles. The third-order valence-electron chi connectivity index (χ3n) is 3.83. The van der Waals surface area contributed by atoms with Crippen LogP contribution >= 0.6 is 11.6 Å². The van der Waals surface area contributed by atoms with Crippen LogP contribution in [0.5, 0.6) is 0 Å². The normalized spacial score (nSPS) is 25.8. The Labute approximate surface area is 104 Å². The average Bonchev–Trinajstić information content (AvgIpc) is 2.30. The zero-order chi connectivity index (χ0) is 12.1. The Kier molecular flexibility index (Phi) is 5.60. The van der Waals surface area contributed by atoms with Gasteiger partial charge in [0.2, 0.25) is 5.91 Å². The number of carbonyl (C=O) groups excluding carboxylic acids is 1. The number of carbonyl (C=O) groups is 1. The molecule has 3 heteroatoms. The SMILES string of the molecule is CCC(CC)C(=O)N(C)C1CCCCC1Cl. The first-order chi connectivity index (χ1) is 7.61. The molecular formula is C13H24ClNO. The van der Waals surface area contributed by atoms with Crippen LogP contribution in [0, 0.1) is 5.92 Å². The maximum Gasteiger partial charge on any atom is 0.225 e. The Morgan fingerprint density at radius 2 is 1.88 bits per heavy atom. The number of nitrogens with zero attached hydrogens (tertiary/aromatic N) is 1. The van der Waals surface area contributed by atoms with Crippen LogP contribution in [0.3, 0.4) is 0 Å². The maximum absolute atomic E-state index is 12.2. The molecule has 1 rings (SSSR count). The van der Waals surface area contributed by atoms with E-state index in [4.69, 9.17) is 11.6 Å². The third-order valence-corrected chi connectivity index (χ3v) is 4.34. The summed E-state index contributed by atoms with van der Waals surface area (Å²) in [5.74, 6) is 0.457. The van der Waals surface area contributed by atoms with Crippen molar-refractivity contribution in [1.29, 1.82) is 0 Å². The van der Waals surface area contributed by atoms with Gasteiger partial charge in [0.05, 0.1) is 5.38 Å². The van der Waals surface area contributed by atoms with E-state index in [1.165, 1.54) is 12.8 Å². The van der Waals surface area contributed by atoms with Gasteiger partial charge in [-0.15, -0.1) is 11.6 Å². The van der Waals surface area contributed by atoms with Crippen LogP contribution < -0.4 is 0 Å². The molecule has 0 radical (unpaired) electrons. The summed E-state index contributed by atoms with van der Waals surface area (Å²) in [4.78, 5) is 14.1. The second-order valence-electron chi connectivity index (χ2n) is 4.83. The second kappa shape index (κ2) is 6.48. The Morgan fingerprint density at radius 1 is 1.31 bits per heavy atom. The molecule has 2 unspecified atom stereocenters. The van der Waals surface area contributed by atoms with Crippen molar-refractivity contribution in [3.63, 3.8) is 0 Å². The van der Waals surface area contributed by atoms with E-state index in [2.05, 4.69) is 13.8 Å². The van der Waals surface area contributed by atoms with Gasteiger partial charge in [0.25, 0.3) is 0 Å². The van der Waals surface area contributed by atoms with E-state index >= 15 is 0 Å². The van der Waals surface area contributed by atoms with Gasteiger partial charge in [-0.1, -0.05) is 26.7 Å². The topological polar surface area (TPSA) is 20.3 Å². The zero-order valence-electron chi connectivity index (χ0n) is 10.7. The van der Waals surface area contributed by atoms with Gasteiger partial charge in [0.15, 0.2) is 0 Å². The average molecular weight is 246 g/mol. The van der Waals surface area contributed by atoms with Gasteiger partial charge >= 0.3 is 0 Å². The lowest BCUT2D eigenvalue weighted by molar-refractivity contribution is -0.137. The van der Waals surface area contributed by atoms with Crippen LogP contribution in [0.2, 0.25) is 0 Å². The number of alkyl halides is 1. The molecule has 0 aromatic rings. The van der Waals surface area contributed by atoms with Gasteiger partial charge < -0.3 is 4.90 Å². The molecule has 1 saturated carbocycles. The molecule has 1 amide bonds. The Bertz CT molecular complexity index is 228. The maximum atomic E-state index is 12.2. The molecule has 1 aliphatic carbocycles. The number of amides is 1. The fraction of sp³-hybridized carbons (Fsp3) is 0.923. The van der Waals surface area contributed by atoms with Gasteiger partial charge in [0.1, 0.15) is 0 Å².